The molecule has 2 amide bonds. The predicted molar refractivity (Wildman–Crippen MR) is 93.4 cm³/mol. The third-order valence-electron chi connectivity index (χ3n) is 4.81. The molecular formula is C18H23N5O3. The van der Waals surface area contributed by atoms with Gasteiger partial charge in [0, 0.05) is 38.3 Å². The van der Waals surface area contributed by atoms with E-state index in [4.69, 9.17) is 4.52 Å². The van der Waals surface area contributed by atoms with E-state index >= 15 is 0 Å². The molecule has 0 atom stereocenters. The molecule has 0 bridgehead atoms. The molecule has 0 radical (unpaired) electrons. The summed E-state index contributed by atoms with van der Waals surface area (Å²) in [5.41, 5.74) is 2.69. The van der Waals surface area contributed by atoms with Crippen LogP contribution in [0.3, 0.4) is 0 Å². The van der Waals surface area contributed by atoms with Crippen LogP contribution in [-0.2, 0) is 11.3 Å². The Bertz CT molecular complexity index is 789. The standard InChI is InChI=1S/C18H23N5O3/c1-11-16(12(2)26-22-11)18(25)21-10-15-17(20-7-6-19-15)14-4-8-23(9-5-14)13(3)24/h6-7,14H,4-5,8-10H2,1-3H3,(H,21,25). The summed E-state index contributed by atoms with van der Waals surface area (Å²) in [7, 11) is 0. The van der Waals surface area contributed by atoms with Crippen LogP contribution in [0, 0.1) is 13.8 Å². The molecule has 2 aromatic rings. The zero-order valence-corrected chi connectivity index (χ0v) is 15.3. The van der Waals surface area contributed by atoms with Crippen molar-refractivity contribution in [3.05, 3.63) is 40.8 Å². The van der Waals surface area contributed by atoms with E-state index in [2.05, 4.69) is 20.4 Å². The third kappa shape index (κ3) is 3.74. The van der Waals surface area contributed by atoms with Crippen molar-refractivity contribution in [1.82, 2.24) is 25.3 Å². The minimum Gasteiger partial charge on any atom is -0.361 e. The van der Waals surface area contributed by atoms with E-state index in [9.17, 15) is 9.59 Å². The number of aryl methyl sites for hydroxylation is 2. The van der Waals surface area contributed by atoms with Gasteiger partial charge in [-0.15, -0.1) is 0 Å². The first-order valence-electron chi connectivity index (χ1n) is 8.73. The van der Waals surface area contributed by atoms with Gasteiger partial charge < -0.3 is 14.7 Å². The number of carbonyl (C=O) groups excluding carboxylic acids is 2. The van der Waals surface area contributed by atoms with E-state index in [0.29, 0.717) is 23.6 Å². The van der Waals surface area contributed by atoms with Crippen molar-refractivity contribution in [3.63, 3.8) is 0 Å². The van der Waals surface area contributed by atoms with Crippen molar-refractivity contribution in [2.45, 2.75) is 46.1 Å². The molecule has 26 heavy (non-hydrogen) atoms. The Morgan fingerprint density at radius 3 is 2.54 bits per heavy atom. The highest BCUT2D eigenvalue weighted by molar-refractivity contribution is 5.96. The molecule has 1 N–H and O–H groups in total. The number of aromatic nitrogens is 3. The molecule has 0 unspecified atom stereocenters. The highest BCUT2D eigenvalue weighted by atomic mass is 16.5. The van der Waals surface area contributed by atoms with Gasteiger partial charge in [0.1, 0.15) is 11.3 Å². The molecule has 2 aromatic heterocycles. The van der Waals surface area contributed by atoms with E-state index < -0.39 is 0 Å². The molecule has 8 nitrogen and oxygen atoms in total. The molecule has 1 aliphatic rings. The van der Waals surface area contributed by atoms with Gasteiger partial charge in [-0.25, -0.2) is 0 Å². The number of rotatable bonds is 4. The number of hydrogen-bond acceptors (Lipinski definition) is 6. The van der Waals surface area contributed by atoms with Crippen LogP contribution in [0.2, 0.25) is 0 Å². The first kappa shape index (κ1) is 18.0. The van der Waals surface area contributed by atoms with Gasteiger partial charge in [0.15, 0.2) is 0 Å². The van der Waals surface area contributed by atoms with Crippen molar-refractivity contribution >= 4 is 11.8 Å². The highest BCUT2D eigenvalue weighted by Crippen LogP contribution is 2.28. The smallest absolute Gasteiger partial charge is 0.257 e. The van der Waals surface area contributed by atoms with Crippen molar-refractivity contribution in [2.75, 3.05) is 13.1 Å². The van der Waals surface area contributed by atoms with Crippen LogP contribution in [0.4, 0.5) is 0 Å². The summed E-state index contributed by atoms with van der Waals surface area (Å²) < 4.78 is 5.05. The van der Waals surface area contributed by atoms with Gasteiger partial charge in [-0.3, -0.25) is 19.6 Å². The second-order valence-electron chi connectivity index (χ2n) is 6.55. The number of nitrogens with zero attached hydrogens (tertiary/aromatic N) is 4. The van der Waals surface area contributed by atoms with Gasteiger partial charge in [-0.2, -0.15) is 0 Å². The van der Waals surface area contributed by atoms with Crippen molar-refractivity contribution in [2.24, 2.45) is 0 Å². The summed E-state index contributed by atoms with van der Waals surface area (Å²) in [4.78, 5) is 34.7. The zero-order chi connectivity index (χ0) is 18.7. The Kier molecular flexibility index (Phi) is 5.29. The average Bonchev–Trinajstić information content (AvgIpc) is 2.98. The first-order valence-corrected chi connectivity index (χ1v) is 8.73. The molecule has 0 aromatic carbocycles. The number of piperidine rings is 1. The van der Waals surface area contributed by atoms with Gasteiger partial charge in [0.25, 0.3) is 5.91 Å². The number of likely N-dealkylation sites (tertiary alicyclic amines) is 1. The molecule has 1 saturated heterocycles. The van der Waals surface area contributed by atoms with Crippen LogP contribution in [-0.4, -0.2) is 44.9 Å². The van der Waals surface area contributed by atoms with E-state index in [-0.39, 0.29) is 17.7 Å². The first-order chi connectivity index (χ1) is 12.5. The lowest BCUT2D eigenvalue weighted by Crippen LogP contribution is -2.37. The molecule has 3 rings (SSSR count). The van der Waals surface area contributed by atoms with Crippen LogP contribution in [0.25, 0.3) is 0 Å². The fourth-order valence-electron chi connectivity index (χ4n) is 3.38. The monoisotopic (exact) mass is 357 g/mol. The lowest BCUT2D eigenvalue weighted by molar-refractivity contribution is -0.129. The SMILES string of the molecule is CC(=O)N1CCC(c2nccnc2CNC(=O)c2c(C)noc2C)CC1. The maximum atomic E-state index is 12.4. The Morgan fingerprint density at radius 2 is 1.92 bits per heavy atom. The largest absolute Gasteiger partial charge is 0.361 e. The normalized spacial score (nSPS) is 15.1. The van der Waals surface area contributed by atoms with Crippen LogP contribution >= 0.6 is 0 Å². The Hall–Kier alpha value is -2.77. The zero-order valence-electron chi connectivity index (χ0n) is 15.3. The summed E-state index contributed by atoms with van der Waals surface area (Å²) >= 11 is 0. The molecule has 138 valence electrons. The lowest BCUT2D eigenvalue weighted by Gasteiger charge is -2.31. The number of carbonyl (C=O) groups is 2. The number of nitrogens with one attached hydrogen (secondary N) is 1. The van der Waals surface area contributed by atoms with Gasteiger partial charge in [0.2, 0.25) is 5.91 Å². The maximum absolute atomic E-state index is 12.4. The summed E-state index contributed by atoms with van der Waals surface area (Å²) in [6.45, 7) is 6.79. The third-order valence-corrected chi connectivity index (χ3v) is 4.81. The average molecular weight is 357 g/mol. The molecule has 0 aliphatic carbocycles. The quantitative estimate of drug-likeness (QED) is 0.894. The summed E-state index contributed by atoms with van der Waals surface area (Å²) in [5.74, 6) is 0.611. The topological polar surface area (TPSA) is 101 Å². The van der Waals surface area contributed by atoms with E-state index in [1.54, 1.807) is 33.2 Å². The fraction of sp³-hybridized carbons (Fsp3) is 0.500. The fourth-order valence-corrected chi connectivity index (χ4v) is 3.38. The minimum absolute atomic E-state index is 0.106. The lowest BCUT2D eigenvalue weighted by atomic mass is 9.92. The highest BCUT2D eigenvalue weighted by Gasteiger charge is 2.25. The molecule has 1 aliphatic heterocycles. The summed E-state index contributed by atoms with van der Waals surface area (Å²) in [6.07, 6.45) is 5.00. The van der Waals surface area contributed by atoms with Crippen LogP contribution in [0.5, 0.6) is 0 Å². The Morgan fingerprint density at radius 1 is 1.23 bits per heavy atom. The predicted octanol–water partition coefficient (Wildman–Crippen LogP) is 1.74. The van der Waals surface area contributed by atoms with Crippen molar-refractivity contribution in [1.29, 1.82) is 0 Å². The van der Waals surface area contributed by atoms with E-state index in [1.807, 2.05) is 4.90 Å². The van der Waals surface area contributed by atoms with Gasteiger partial charge in [0.05, 0.1) is 23.6 Å². The molecular weight excluding hydrogens is 334 g/mol. The minimum atomic E-state index is -0.232. The van der Waals surface area contributed by atoms with Crippen LogP contribution in [0.1, 0.15) is 58.9 Å². The van der Waals surface area contributed by atoms with Crippen molar-refractivity contribution in [3.8, 4) is 0 Å². The van der Waals surface area contributed by atoms with E-state index in [0.717, 1.165) is 37.3 Å². The molecule has 8 heteroatoms. The summed E-state index contributed by atoms with van der Waals surface area (Å²) in [6, 6.07) is 0. The van der Waals surface area contributed by atoms with Crippen LogP contribution < -0.4 is 5.32 Å². The van der Waals surface area contributed by atoms with E-state index in [1.165, 1.54) is 0 Å². The van der Waals surface area contributed by atoms with Gasteiger partial charge in [-0.1, -0.05) is 5.16 Å². The number of hydrogen-bond donors (Lipinski definition) is 1. The molecule has 0 saturated carbocycles. The summed E-state index contributed by atoms with van der Waals surface area (Å²) in [5, 5.41) is 6.69. The second-order valence-corrected chi connectivity index (χ2v) is 6.55. The number of amides is 2. The molecule has 0 spiro atoms. The maximum Gasteiger partial charge on any atom is 0.257 e. The molecule has 1 fully saturated rings. The Labute approximate surface area is 152 Å². The van der Waals surface area contributed by atoms with Gasteiger partial charge in [-0.05, 0) is 26.7 Å². The van der Waals surface area contributed by atoms with Crippen molar-refractivity contribution < 1.29 is 14.1 Å². The van der Waals surface area contributed by atoms with Gasteiger partial charge >= 0.3 is 0 Å². The molecule has 3 heterocycles. The van der Waals surface area contributed by atoms with Crippen LogP contribution in [0.15, 0.2) is 16.9 Å². The Balaban J connectivity index is 1.68. The second kappa shape index (κ2) is 7.63.